The van der Waals surface area contributed by atoms with Gasteiger partial charge in [0.1, 0.15) is 0 Å². The Bertz CT molecular complexity index is 1290. The zero-order valence-electron chi connectivity index (χ0n) is 16.5. The summed E-state index contributed by atoms with van der Waals surface area (Å²) >= 11 is 0. The fourth-order valence-electron chi connectivity index (χ4n) is 4.38. The molecule has 2 aliphatic rings. The van der Waals surface area contributed by atoms with Crippen LogP contribution in [0.3, 0.4) is 0 Å². The predicted octanol–water partition coefficient (Wildman–Crippen LogP) is 1.69. The number of H-pyrrole nitrogens is 1. The number of imide groups is 1. The Labute approximate surface area is 177 Å². The Morgan fingerprint density at radius 3 is 2.23 bits per heavy atom. The van der Waals surface area contributed by atoms with Crippen LogP contribution in [0.4, 0.5) is 5.69 Å². The fraction of sp³-hybridized carbons (Fsp3) is 0.217. The van der Waals surface area contributed by atoms with Gasteiger partial charge in [0.25, 0.3) is 0 Å². The number of amides is 2. The van der Waals surface area contributed by atoms with Gasteiger partial charge in [-0.05, 0) is 24.1 Å². The number of carbonyl (C=O) groups excluding carboxylic acids is 2. The van der Waals surface area contributed by atoms with Gasteiger partial charge in [-0.15, -0.1) is 0 Å². The molecular formula is C23H20N4O4. The van der Waals surface area contributed by atoms with Gasteiger partial charge in [0.15, 0.2) is 0 Å². The predicted molar refractivity (Wildman–Crippen MR) is 114 cm³/mol. The molecule has 156 valence electrons. The molecule has 2 heterocycles. The number of nitrogens with one attached hydrogen (secondary N) is 1. The zero-order valence-corrected chi connectivity index (χ0v) is 16.5. The van der Waals surface area contributed by atoms with E-state index in [0.29, 0.717) is 5.69 Å². The number of benzene rings is 2. The molecule has 1 fully saturated rings. The molecule has 1 saturated heterocycles. The first-order valence-electron chi connectivity index (χ1n) is 10.1. The van der Waals surface area contributed by atoms with Crippen LogP contribution in [-0.4, -0.2) is 26.2 Å². The van der Waals surface area contributed by atoms with Crippen LogP contribution < -0.4 is 16.3 Å². The molecular weight excluding hydrogens is 396 g/mol. The first-order chi connectivity index (χ1) is 15.0. The highest BCUT2D eigenvalue weighted by molar-refractivity contribution is 6.22. The Kier molecular flexibility index (Phi) is 4.54. The largest absolute Gasteiger partial charge is 0.347 e. The highest BCUT2D eigenvalue weighted by Gasteiger charge is 2.49. The molecule has 2 aromatic carbocycles. The molecule has 0 unspecified atom stereocenters. The fourth-order valence-corrected chi connectivity index (χ4v) is 4.38. The molecule has 5 rings (SSSR count). The van der Waals surface area contributed by atoms with Crippen molar-refractivity contribution in [3.63, 3.8) is 0 Å². The molecule has 3 aromatic rings. The van der Waals surface area contributed by atoms with Crippen molar-refractivity contribution in [3.05, 3.63) is 99.3 Å². The summed E-state index contributed by atoms with van der Waals surface area (Å²) in [5, 5.41) is 2.60. The van der Waals surface area contributed by atoms with Crippen LogP contribution in [0.5, 0.6) is 0 Å². The van der Waals surface area contributed by atoms with Gasteiger partial charge in [-0.25, -0.2) is 28.8 Å². The van der Waals surface area contributed by atoms with Crippen LogP contribution in [0.2, 0.25) is 0 Å². The number of hydrogen-bond donors (Lipinski definition) is 1. The number of allylic oxidation sites excluding steroid dienone is 1. The molecule has 0 spiro atoms. The molecule has 31 heavy (non-hydrogen) atoms. The number of aromatic amines is 1. The molecule has 8 nitrogen and oxygen atoms in total. The Morgan fingerprint density at radius 2 is 1.52 bits per heavy atom. The highest BCUT2D eigenvalue weighted by atomic mass is 16.2. The standard InChI is InChI=1S/C23H20N4O4/c28-20-18-12-11-17(13-19(18)21(29)26(20)16-9-5-2-6-10-16)27-23(31)25(22(30)24-27)14-15-7-3-1-4-8-15/h1-12,17-19H,13-14H2,(H,24,30)/t17-,18-,19-/m1/s1. The van der Waals surface area contributed by atoms with Gasteiger partial charge in [-0.1, -0.05) is 60.7 Å². The van der Waals surface area contributed by atoms with Gasteiger partial charge < -0.3 is 0 Å². The second-order valence-electron chi connectivity index (χ2n) is 7.81. The van der Waals surface area contributed by atoms with Crippen molar-refractivity contribution in [1.82, 2.24) is 14.3 Å². The second-order valence-corrected chi connectivity index (χ2v) is 7.81. The van der Waals surface area contributed by atoms with E-state index in [1.54, 1.807) is 36.4 Å². The third-order valence-electron chi connectivity index (χ3n) is 5.94. The first kappa shape index (κ1) is 19.0. The SMILES string of the molecule is O=C1[C@@H]2C=C[C@@H](n3[nH]c(=O)n(Cc4ccccc4)c3=O)C[C@H]2C(=O)N1c1ccccc1. The summed E-state index contributed by atoms with van der Waals surface area (Å²) in [5.41, 5.74) is 0.390. The minimum atomic E-state index is -0.574. The molecule has 1 aromatic heterocycles. The molecule has 1 N–H and O–H groups in total. The summed E-state index contributed by atoms with van der Waals surface area (Å²) in [7, 11) is 0. The van der Waals surface area contributed by atoms with E-state index in [2.05, 4.69) is 5.10 Å². The van der Waals surface area contributed by atoms with Crippen molar-refractivity contribution in [2.24, 2.45) is 11.8 Å². The van der Waals surface area contributed by atoms with Gasteiger partial charge in [0.2, 0.25) is 11.8 Å². The number of nitrogens with zero attached hydrogens (tertiary/aromatic N) is 3. The smallest absolute Gasteiger partial charge is 0.274 e. The molecule has 8 heteroatoms. The number of aromatic nitrogens is 3. The quantitative estimate of drug-likeness (QED) is 0.517. The van der Waals surface area contributed by atoms with Crippen LogP contribution in [0.1, 0.15) is 18.0 Å². The average molecular weight is 416 g/mol. The third-order valence-corrected chi connectivity index (χ3v) is 5.94. The maximum Gasteiger partial charge on any atom is 0.347 e. The van der Waals surface area contributed by atoms with Crippen molar-refractivity contribution >= 4 is 17.5 Å². The van der Waals surface area contributed by atoms with E-state index in [0.717, 1.165) is 10.1 Å². The third kappa shape index (κ3) is 3.16. The van der Waals surface area contributed by atoms with Gasteiger partial charge >= 0.3 is 11.4 Å². The summed E-state index contributed by atoms with van der Waals surface area (Å²) in [4.78, 5) is 52.4. The van der Waals surface area contributed by atoms with E-state index < -0.39 is 29.3 Å². The van der Waals surface area contributed by atoms with Crippen molar-refractivity contribution in [2.45, 2.75) is 19.0 Å². The van der Waals surface area contributed by atoms with E-state index in [4.69, 9.17) is 0 Å². The lowest BCUT2D eigenvalue weighted by molar-refractivity contribution is -0.122. The monoisotopic (exact) mass is 416 g/mol. The van der Waals surface area contributed by atoms with Crippen molar-refractivity contribution in [2.75, 3.05) is 4.90 Å². The lowest BCUT2D eigenvalue weighted by Gasteiger charge is -2.23. The van der Waals surface area contributed by atoms with E-state index in [1.807, 2.05) is 36.4 Å². The number of carbonyl (C=O) groups is 2. The Morgan fingerprint density at radius 1 is 0.839 bits per heavy atom. The Balaban J connectivity index is 1.43. The topological polar surface area (TPSA) is 97.2 Å². The van der Waals surface area contributed by atoms with Crippen LogP contribution in [0.25, 0.3) is 0 Å². The normalized spacial score (nSPS) is 22.7. The summed E-state index contributed by atoms with van der Waals surface area (Å²) in [6.45, 7) is 0.156. The molecule has 3 atom stereocenters. The molecule has 0 radical (unpaired) electrons. The van der Waals surface area contributed by atoms with Crippen molar-refractivity contribution in [1.29, 1.82) is 0 Å². The minimum absolute atomic E-state index is 0.156. The summed E-state index contributed by atoms with van der Waals surface area (Å²) in [5.74, 6) is -1.68. The number of hydrogen-bond acceptors (Lipinski definition) is 4. The second kappa shape index (κ2) is 7.39. The van der Waals surface area contributed by atoms with E-state index in [9.17, 15) is 19.2 Å². The van der Waals surface area contributed by atoms with Crippen molar-refractivity contribution < 1.29 is 9.59 Å². The number of anilines is 1. The molecule has 1 aliphatic heterocycles. The highest BCUT2D eigenvalue weighted by Crippen LogP contribution is 2.39. The lowest BCUT2D eigenvalue weighted by Crippen LogP contribution is -2.33. The summed E-state index contributed by atoms with van der Waals surface area (Å²) in [6, 6.07) is 17.5. The number of fused-ring (bicyclic) bond motifs is 1. The maximum atomic E-state index is 13.0. The van der Waals surface area contributed by atoms with Crippen LogP contribution in [0, 0.1) is 11.8 Å². The minimum Gasteiger partial charge on any atom is -0.274 e. The summed E-state index contributed by atoms with van der Waals surface area (Å²) < 4.78 is 2.38. The average Bonchev–Trinajstić information content (AvgIpc) is 3.22. The van der Waals surface area contributed by atoms with Gasteiger partial charge in [-0.2, -0.15) is 0 Å². The zero-order chi connectivity index (χ0) is 21.5. The van der Waals surface area contributed by atoms with Gasteiger partial charge in [0, 0.05) is 0 Å². The van der Waals surface area contributed by atoms with E-state index in [-0.39, 0.29) is 24.8 Å². The van der Waals surface area contributed by atoms with Crippen LogP contribution >= 0.6 is 0 Å². The number of para-hydroxylation sites is 1. The van der Waals surface area contributed by atoms with E-state index >= 15 is 0 Å². The molecule has 0 bridgehead atoms. The molecule has 1 aliphatic carbocycles. The van der Waals surface area contributed by atoms with Gasteiger partial charge in [0.05, 0.1) is 30.1 Å². The lowest BCUT2D eigenvalue weighted by atomic mass is 9.84. The van der Waals surface area contributed by atoms with E-state index in [1.165, 1.54) is 9.58 Å². The van der Waals surface area contributed by atoms with Crippen LogP contribution in [-0.2, 0) is 16.1 Å². The first-order valence-corrected chi connectivity index (χ1v) is 10.1. The number of rotatable bonds is 4. The maximum absolute atomic E-state index is 13.0. The van der Waals surface area contributed by atoms with Crippen molar-refractivity contribution in [3.8, 4) is 0 Å². The molecule has 2 amide bonds. The Hall–Kier alpha value is -3.94. The molecule has 0 saturated carbocycles. The summed E-state index contributed by atoms with van der Waals surface area (Å²) in [6.07, 6.45) is 3.67. The van der Waals surface area contributed by atoms with Crippen LogP contribution in [0.15, 0.2) is 82.4 Å². The van der Waals surface area contributed by atoms with Gasteiger partial charge in [-0.3, -0.25) is 9.59 Å².